The highest BCUT2D eigenvalue weighted by Crippen LogP contribution is 2.33. The van der Waals surface area contributed by atoms with Gasteiger partial charge in [0.2, 0.25) is 11.8 Å². The summed E-state index contributed by atoms with van der Waals surface area (Å²) in [4.78, 5) is 24.2. The highest BCUT2D eigenvalue weighted by Gasteiger charge is 2.12. The van der Waals surface area contributed by atoms with Crippen LogP contribution in [0.3, 0.4) is 0 Å². The van der Waals surface area contributed by atoms with E-state index in [1.165, 1.54) is 11.9 Å². The summed E-state index contributed by atoms with van der Waals surface area (Å²) in [6.07, 6.45) is 1.14. The Morgan fingerprint density at radius 3 is 2.42 bits per heavy atom. The summed E-state index contributed by atoms with van der Waals surface area (Å²) < 4.78 is 0.563. The predicted molar refractivity (Wildman–Crippen MR) is 80.6 cm³/mol. The van der Waals surface area contributed by atoms with Crippen LogP contribution in [0.1, 0.15) is 0 Å². The lowest BCUT2D eigenvalue weighted by Crippen LogP contribution is -2.33. The molecule has 0 fully saturated rings. The van der Waals surface area contributed by atoms with Crippen molar-refractivity contribution in [2.24, 2.45) is 0 Å². The van der Waals surface area contributed by atoms with Gasteiger partial charge >= 0.3 is 0 Å². The third-order valence-electron chi connectivity index (χ3n) is 2.20. The van der Waals surface area contributed by atoms with Crippen LogP contribution in [0.2, 0.25) is 10.0 Å². The van der Waals surface area contributed by atoms with Crippen molar-refractivity contribution in [2.75, 3.05) is 18.9 Å². The average molecular weight is 366 g/mol. The molecule has 0 saturated heterocycles. The van der Waals surface area contributed by atoms with Gasteiger partial charge in [0, 0.05) is 12.7 Å². The molecule has 1 aromatic rings. The summed E-state index contributed by atoms with van der Waals surface area (Å²) in [5, 5.41) is 3.38. The number of carbonyl (C=O) groups is 2. The third-order valence-corrected chi connectivity index (χ3v) is 4.11. The minimum absolute atomic E-state index is 0.0871. The SMILES string of the molecule is C=CC(=O)N(C)CC(=O)Nc1cc(Cl)c(Br)c(Cl)c1. The smallest absolute Gasteiger partial charge is 0.246 e. The number of likely N-dealkylation sites (N-methyl/N-ethyl adjacent to an activating group) is 1. The van der Waals surface area contributed by atoms with Crippen molar-refractivity contribution in [3.05, 3.63) is 39.3 Å². The number of carbonyl (C=O) groups excluding carboxylic acids is 2. The van der Waals surface area contributed by atoms with E-state index in [9.17, 15) is 9.59 Å². The summed E-state index contributed by atoms with van der Waals surface area (Å²) in [7, 11) is 1.51. The van der Waals surface area contributed by atoms with Crippen molar-refractivity contribution in [2.45, 2.75) is 0 Å². The van der Waals surface area contributed by atoms with Crippen LogP contribution >= 0.6 is 39.1 Å². The quantitative estimate of drug-likeness (QED) is 0.657. The lowest BCUT2D eigenvalue weighted by molar-refractivity contribution is -0.129. The van der Waals surface area contributed by atoms with E-state index in [0.717, 1.165) is 6.08 Å². The molecule has 0 aliphatic heterocycles. The highest BCUT2D eigenvalue weighted by molar-refractivity contribution is 9.10. The molecule has 7 heteroatoms. The normalized spacial score (nSPS) is 9.89. The molecule has 0 aromatic heterocycles. The summed E-state index contributed by atoms with van der Waals surface area (Å²) in [5.74, 6) is -0.686. The molecule has 0 spiro atoms. The van der Waals surface area contributed by atoms with Gasteiger partial charge in [-0.15, -0.1) is 0 Å². The first kappa shape index (κ1) is 16.0. The molecule has 0 heterocycles. The van der Waals surface area contributed by atoms with Crippen LogP contribution in [0.5, 0.6) is 0 Å². The van der Waals surface area contributed by atoms with Crippen molar-refractivity contribution in [3.8, 4) is 0 Å². The van der Waals surface area contributed by atoms with E-state index in [-0.39, 0.29) is 18.4 Å². The van der Waals surface area contributed by atoms with Gasteiger partial charge in [-0.3, -0.25) is 9.59 Å². The fourth-order valence-corrected chi connectivity index (χ4v) is 1.99. The predicted octanol–water partition coefficient (Wildman–Crippen LogP) is 3.34. The largest absolute Gasteiger partial charge is 0.333 e. The number of rotatable bonds is 4. The Bertz CT molecular complexity index is 511. The number of nitrogens with zero attached hydrogens (tertiary/aromatic N) is 1. The number of hydrogen-bond donors (Lipinski definition) is 1. The number of nitrogens with one attached hydrogen (secondary N) is 1. The van der Waals surface area contributed by atoms with E-state index >= 15 is 0 Å². The molecule has 0 radical (unpaired) electrons. The van der Waals surface area contributed by atoms with E-state index in [0.29, 0.717) is 20.2 Å². The molecule has 4 nitrogen and oxygen atoms in total. The standard InChI is InChI=1S/C12H11BrCl2N2O2/c1-3-11(19)17(2)6-10(18)16-7-4-8(14)12(13)9(15)5-7/h3-5H,1,6H2,2H3,(H,16,18). The second-order valence-corrected chi connectivity index (χ2v) is 5.31. The van der Waals surface area contributed by atoms with Crippen LogP contribution in [0.4, 0.5) is 5.69 Å². The Labute approximate surface area is 129 Å². The summed E-state index contributed by atoms with van der Waals surface area (Å²) in [5.41, 5.74) is 0.461. The monoisotopic (exact) mass is 364 g/mol. The van der Waals surface area contributed by atoms with Gasteiger partial charge in [0.05, 0.1) is 21.1 Å². The summed E-state index contributed by atoms with van der Waals surface area (Å²) >= 11 is 15.0. The number of amides is 2. The number of halogens is 3. The van der Waals surface area contributed by atoms with Crippen molar-refractivity contribution < 1.29 is 9.59 Å². The zero-order chi connectivity index (χ0) is 14.6. The van der Waals surface area contributed by atoms with Crippen molar-refractivity contribution in [1.29, 1.82) is 0 Å². The summed E-state index contributed by atoms with van der Waals surface area (Å²) in [6, 6.07) is 3.12. The van der Waals surface area contributed by atoms with Crippen LogP contribution in [0, 0.1) is 0 Å². The Balaban J connectivity index is 2.72. The van der Waals surface area contributed by atoms with Crippen LogP contribution < -0.4 is 5.32 Å². The molecule has 0 aliphatic rings. The Morgan fingerprint density at radius 1 is 1.42 bits per heavy atom. The van der Waals surface area contributed by atoms with E-state index in [2.05, 4.69) is 27.8 Å². The lowest BCUT2D eigenvalue weighted by atomic mass is 10.3. The molecule has 0 atom stereocenters. The molecule has 1 N–H and O–H groups in total. The fourth-order valence-electron chi connectivity index (χ4n) is 1.28. The maximum atomic E-state index is 11.7. The lowest BCUT2D eigenvalue weighted by Gasteiger charge is -2.15. The molecule has 19 heavy (non-hydrogen) atoms. The Morgan fingerprint density at radius 2 is 1.95 bits per heavy atom. The zero-order valence-corrected chi connectivity index (χ0v) is 13.1. The van der Waals surface area contributed by atoms with Crippen LogP contribution in [0.15, 0.2) is 29.3 Å². The average Bonchev–Trinajstić information content (AvgIpc) is 2.34. The highest BCUT2D eigenvalue weighted by atomic mass is 79.9. The van der Waals surface area contributed by atoms with Crippen molar-refractivity contribution in [3.63, 3.8) is 0 Å². The molecule has 0 aliphatic carbocycles. The molecular formula is C12H11BrCl2N2O2. The van der Waals surface area contributed by atoms with Crippen LogP contribution in [-0.4, -0.2) is 30.3 Å². The molecular weight excluding hydrogens is 355 g/mol. The number of hydrogen-bond acceptors (Lipinski definition) is 2. The van der Waals surface area contributed by atoms with Crippen molar-refractivity contribution >= 4 is 56.6 Å². The molecule has 0 unspecified atom stereocenters. The molecule has 0 saturated carbocycles. The Kier molecular flexibility index (Phi) is 5.85. The maximum absolute atomic E-state index is 11.7. The first-order valence-corrected chi connectivity index (χ1v) is 6.72. The van der Waals surface area contributed by atoms with E-state index < -0.39 is 0 Å². The number of benzene rings is 1. The molecule has 1 aromatic carbocycles. The first-order valence-electron chi connectivity index (χ1n) is 5.17. The third kappa shape index (κ3) is 4.53. The van der Waals surface area contributed by atoms with Gasteiger partial charge in [0.1, 0.15) is 0 Å². The maximum Gasteiger partial charge on any atom is 0.246 e. The van der Waals surface area contributed by atoms with Gasteiger partial charge in [0.25, 0.3) is 0 Å². The first-order chi connectivity index (χ1) is 8.85. The van der Waals surface area contributed by atoms with E-state index in [1.54, 1.807) is 12.1 Å². The van der Waals surface area contributed by atoms with Gasteiger partial charge < -0.3 is 10.2 Å². The van der Waals surface area contributed by atoms with Gasteiger partial charge in [-0.05, 0) is 34.1 Å². The second kappa shape index (κ2) is 6.93. The van der Waals surface area contributed by atoms with Crippen molar-refractivity contribution in [1.82, 2.24) is 4.90 Å². The van der Waals surface area contributed by atoms with E-state index in [4.69, 9.17) is 23.2 Å². The molecule has 0 bridgehead atoms. The van der Waals surface area contributed by atoms with Gasteiger partial charge in [-0.25, -0.2) is 0 Å². The minimum Gasteiger partial charge on any atom is -0.333 e. The van der Waals surface area contributed by atoms with Crippen LogP contribution in [-0.2, 0) is 9.59 Å². The van der Waals surface area contributed by atoms with E-state index in [1.807, 2.05) is 0 Å². The second-order valence-electron chi connectivity index (χ2n) is 3.70. The van der Waals surface area contributed by atoms with Crippen LogP contribution in [0.25, 0.3) is 0 Å². The molecule has 1 rings (SSSR count). The summed E-state index contributed by atoms with van der Waals surface area (Å²) in [6.45, 7) is 3.26. The van der Waals surface area contributed by atoms with Gasteiger partial charge in [0.15, 0.2) is 0 Å². The van der Waals surface area contributed by atoms with Gasteiger partial charge in [-0.2, -0.15) is 0 Å². The fraction of sp³-hybridized carbons (Fsp3) is 0.167. The zero-order valence-electron chi connectivity index (χ0n) is 10.0. The minimum atomic E-state index is -0.354. The molecule has 2 amide bonds. The topological polar surface area (TPSA) is 49.4 Å². The number of anilines is 1. The Hall–Kier alpha value is -1.04. The molecule has 102 valence electrons. The van der Waals surface area contributed by atoms with Gasteiger partial charge in [-0.1, -0.05) is 29.8 Å².